The molecular weight excluding hydrogens is 220 g/mol. The fraction of sp³-hybridized carbons (Fsp3) is 1.00. The van der Waals surface area contributed by atoms with Gasteiger partial charge < -0.3 is 25.7 Å². The molecule has 5 nitrogen and oxygen atoms in total. The van der Waals surface area contributed by atoms with Crippen LogP contribution in [0.15, 0.2) is 0 Å². The first-order valence-electron chi connectivity index (χ1n) is 6.38. The van der Waals surface area contributed by atoms with E-state index in [1.54, 1.807) is 0 Å². The molecule has 104 valence electrons. The van der Waals surface area contributed by atoms with E-state index in [1.165, 1.54) is 0 Å². The minimum atomic E-state index is -0.298. The van der Waals surface area contributed by atoms with Crippen molar-refractivity contribution < 1.29 is 14.2 Å². The Bertz CT molecular complexity index is 168. The summed E-state index contributed by atoms with van der Waals surface area (Å²) in [6, 6.07) is 0. The van der Waals surface area contributed by atoms with Crippen LogP contribution in [0.3, 0.4) is 0 Å². The maximum Gasteiger partial charge on any atom is 0.0781 e. The summed E-state index contributed by atoms with van der Waals surface area (Å²) in [5, 5.41) is 0. The minimum Gasteiger partial charge on any atom is -0.379 e. The predicted octanol–water partition coefficient (Wildman–Crippen LogP) is 0.857. The van der Waals surface area contributed by atoms with Gasteiger partial charge in [0.15, 0.2) is 0 Å². The SMILES string of the molecule is CCCOC(C)COC(C)COCCC(N)N. The number of nitrogens with two attached hydrogens (primary N) is 2. The highest BCUT2D eigenvalue weighted by Gasteiger charge is 2.07. The summed E-state index contributed by atoms with van der Waals surface area (Å²) in [6.07, 6.45) is 1.60. The first kappa shape index (κ1) is 16.8. The summed E-state index contributed by atoms with van der Waals surface area (Å²) < 4.78 is 16.5. The second-order valence-electron chi connectivity index (χ2n) is 4.35. The maximum atomic E-state index is 5.60. The molecule has 0 heterocycles. The second kappa shape index (κ2) is 10.9. The van der Waals surface area contributed by atoms with Crippen LogP contribution in [0.2, 0.25) is 0 Å². The third kappa shape index (κ3) is 12.1. The van der Waals surface area contributed by atoms with Crippen LogP contribution in [-0.4, -0.2) is 44.8 Å². The summed E-state index contributed by atoms with van der Waals surface area (Å²) in [7, 11) is 0. The van der Waals surface area contributed by atoms with E-state index in [1.807, 2.05) is 13.8 Å². The first-order valence-corrected chi connectivity index (χ1v) is 6.38. The Morgan fingerprint density at radius 1 is 0.941 bits per heavy atom. The van der Waals surface area contributed by atoms with Gasteiger partial charge in [0.05, 0.1) is 31.6 Å². The van der Waals surface area contributed by atoms with Crippen molar-refractivity contribution in [1.82, 2.24) is 0 Å². The lowest BCUT2D eigenvalue weighted by atomic mass is 10.4. The highest BCUT2D eigenvalue weighted by molar-refractivity contribution is 4.54. The monoisotopic (exact) mass is 248 g/mol. The molecule has 0 amide bonds. The van der Waals surface area contributed by atoms with E-state index in [0.717, 1.165) is 13.0 Å². The van der Waals surface area contributed by atoms with Crippen molar-refractivity contribution in [3.63, 3.8) is 0 Å². The van der Waals surface area contributed by atoms with E-state index in [9.17, 15) is 0 Å². The molecule has 4 N–H and O–H groups in total. The third-order valence-corrected chi connectivity index (χ3v) is 2.17. The molecule has 17 heavy (non-hydrogen) atoms. The van der Waals surface area contributed by atoms with Crippen LogP contribution in [-0.2, 0) is 14.2 Å². The topological polar surface area (TPSA) is 79.7 Å². The Hall–Kier alpha value is -0.200. The molecule has 0 saturated heterocycles. The fourth-order valence-corrected chi connectivity index (χ4v) is 1.18. The summed E-state index contributed by atoms with van der Waals surface area (Å²) in [6.45, 7) is 8.60. The Balaban J connectivity index is 3.36. The van der Waals surface area contributed by atoms with Gasteiger partial charge in [0.2, 0.25) is 0 Å². The minimum absolute atomic E-state index is 0.0664. The smallest absolute Gasteiger partial charge is 0.0781 e. The Kier molecular flexibility index (Phi) is 10.8. The lowest BCUT2D eigenvalue weighted by molar-refractivity contribution is -0.0572. The average Bonchev–Trinajstić information content (AvgIpc) is 2.29. The molecule has 0 bridgehead atoms. The van der Waals surface area contributed by atoms with E-state index in [-0.39, 0.29) is 18.4 Å². The lowest BCUT2D eigenvalue weighted by Gasteiger charge is -2.17. The summed E-state index contributed by atoms with van der Waals surface area (Å²) in [5.41, 5.74) is 10.8. The van der Waals surface area contributed by atoms with E-state index in [4.69, 9.17) is 25.7 Å². The molecule has 0 aromatic carbocycles. The normalized spacial score (nSPS) is 15.2. The zero-order valence-corrected chi connectivity index (χ0v) is 11.4. The van der Waals surface area contributed by atoms with E-state index < -0.39 is 0 Å². The van der Waals surface area contributed by atoms with Crippen LogP contribution in [0, 0.1) is 0 Å². The molecule has 0 spiro atoms. The Morgan fingerprint density at radius 3 is 2.18 bits per heavy atom. The first-order chi connectivity index (χ1) is 8.06. The fourth-order valence-electron chi connectivity index (χ4n) is 1.18. The van der Waals surface area contributed by atoms with Gasteiger partial charge in [0, 0.05) is 13.2 Å². The quantitative estimate of drug-likeness (QED) is 0.419. The van der Waals surface area contributed by atoms with Crippen molar-refractivity contribution in [2.45, 2.75) is 52.0 Å². The highest BCUT2D eigenvalue weighted by atomic mass is 16.6. The largest absolute Gasteiger partial charge is 0.379 e. The van der Waals surface area contributed by atoms with Gasteiger partial charge in [-0.1, -0.05) is 6.92 Å². The number of hydrogen-bond donors (Lipinski definition) is 2. The predicted molar refractivity (Wildman–Crippen MR) is 68.7 cm³/mol. The molecule has 0 rings (SSSR count). The van der Waals surface area contributed by atoms with Gasteiger partial charge in [-0.3, -0.25) is 0 Å². The zero-order chi connectivity index (χ0) is 13.1. The molecule has 0 fully saturated rings. The molecule has 0 saturated carbocycles. The molecule has 0 aromatic rings. The van der Waals surface area contributed by atoms with Crippen molar-refractivity contribution in [3.8, 4) is 0 Å². The summed E-state index contributed by atoms with van der Waals surface area (Å²) >= 11 is 0. The van der Waals surface area contributed by atoms with Gasteiger partial charge in [-0.25, -0.2) is 0 Å². The van der Waals surface area contributed by atoms with E-state index in [2.05, 4.69) is 6.92 Å². The molecule has 0 aliphatic rings. The zero-order valence-electron chi connectivity index (χ0n) is 11.4. The number of ether oxygens (including phenoxy) is 3. The molecule has 0 aromatic heterocycles. The van der Waals surface area contributed by atoms with Crippen molar-refractivity contribution in [3.05, 3.63) is 0 Å². The standard InChI is InChI=1S/C12H28N2O3/c1-4-6-16-11(3)9-17-10(2)8-15-7-5-12(13)14/h10-12H,4-9,13-14H2,1-3H3. The van der Waals surface area contributed by atoms with Gasteiger partial charge in [-0.2, -0.15) is 0 Å². The lowest BCUT2D eigenvalue weighted by Crippen LogP contribution is -2.32. The van der Waals surface area contributed by atoms with Crippen molar-refractivity contribution in [1.29, 1.82) is 0 Å². The highest BCUT2D eigenvalue weighted by Crippen LogP contribution is 1.99. The van der Waals surface area contributed by atoms with Crippen LogP contribution in [0.5, 0.6) is 0 Å². The molecule has 5 heteroatoms. The van der Waals surface area contributed by atoms with Gasteiger partial charge in [0.1, 0.15) is 0 Å². The van der Waals surface area contributed by atoms with Crippen molar-refractivity contribution in [2.24, 2.45) is 11.5 Å². The number of hydrogen-bond acceptors (Lipinski definition) is 5. The molecule has 2 atom stereocenters. The van der Waals surface area contributed by atoms with Gasteiger partial charge in [-0.15, -0.1) is 0 Å². The molecule has 2 unspecified atom stereocenters. The molecule has 0 radical (unpaired) electrons. The van der Waals surface area contributed by atoms with Crippen molar-refractivity contribution in [2.75, 3.05) is 26.4 Å². The van der Waals surface area contributed by atoms with Crippen LogP contribution in [0.4, 0.5) is 0 Å². The van der Waals surface area contributed by atoms with Crippen LogP contribution >= 0.6 is 0 Å². The van der Waals surface area contributed by atoms with E-state index >= 15 is 0 Å². The molecule has 0 aliphatic carbocycles. The van der Waals surface area contributed by atoms with E-state index in [0.29, 0.717) is 26.2 Å². The van der Waals surface area contributed by atoms with Gasteiger partial charge >= 0.3 is 0 Å². The molecule has 0 aliphatic heterocycles. The second-order valence-corrected chi connectivity index (χ2v) is 4.35. The number of rotatable bonds is 11. The molecular formula is C12H28N2O3. The maximum absolute atomic E-state index is 5.60. The van der Waals surface area contributed by atoms with Crippen LogP contribution in [0.25, 0.3) is 0 Å². The Labute approximate surface area is 105 Å². The third-order valence-electron chi connectivity index (χ3n) is 2.17. The summed E-state index contributed by atoms with van der Waals surface area (Å²) in [5.74, 6) is 0. The Morgan fingerprint density at radius 2 is 1.59 bits per heavy atom. The van der Waals surface area contributed by atoms with Crippen LogP contribution in [0.1, 0.15) is 33.6 Å². The van der Waals surface area contributed by atoms with Crippen molar-refractivity contribution >= 4 is 0 Å². The summed E-state index contributed by atoms with van der Waals surface area (Å²) in [4.78, 5) is 0. The van der Waals surface area contributed by atoms with Crippen LogP contribution < -0.4 is 11.5 Å². The van der Waals surface area contributed by atoms with Gasteiger partial charge in [-0.05, 0) is 26.7 Å². The van der Waals surface area contributed by atoms with Gasteiger partial charge in [0.25, 0.3) is 0 Å². The average molecular weight is 248 g/mol.